The molecule has 0 aromatic heterocycles. The van der Waals surface area contributed by atoms with E-state index in [0.717, 1.165) is 6.42 Å². The number of carbonyl (C=O) groups is 1. The molecule has 7 heteroatoms. The molecule has 2 rings (SSSR count). The van der Waals surface area contributed by atoms with Crippen LogP contribution >= 0.6 is 11.6 Å². The van der Waals surface area contributed by atoms with Crippen LogP contribution in [-0.4, -0.2) is 50.4 Å². The number of benzene rings is 1. The standard InChI is InChI=1S/C15H20ClFN2O3/c1-21-6-4-13-10-19(5-7-22-13)15(20)18-9-11-2-3-12(17)8-14(11)16/h2-3,8,13H,4-7,9-10H2,1H3,(H,18,20)/t13-/m1/s1. The van der Waals surface area contributed by atoms with Crippen molar-refractivity contribution in [1.29, 1.82) is 0 Å². The van der Waals surface area contributed by atoms with Crippen molar-refractivity contribution in [2.75, 3.05) is 33.4 Å². The van der Waals surface area contributed by atoms with Crippen molar-refractivity contribution < 1.29 is 18.7 Å². The lowest BCUT2D eigenvalue weighted by atomic mass is 10.2. The van der Waals surface area contributed by atoms with Crippen molar-refractivity contribution in [1.82, 2.24) is 10.2 Å². The Hall–Kier alpha value is -1.37. The van der Waals surface area contributed by atoms with Gasteiger partial charge in [0.15, 0.2) is 0 Å². The monoisotopic (exact) mass is 330 g/mol. The summed E-state index contributed by atoms with van der Waals surface area (Å²) in [5.41, 5.74) is 0.681. The molecule has 1 saturated heterocycles. The summed E-state index contributed by atoms with van der Waals surface area (Å²) < 4.78 is 23.6. The van der Waals surface area contributed by atoms with Crippen molar-refractivity contribution in [3.63, 3.8) is 0 Å². The van der Waals surface area contributed by atoms with Crippen LogP contribution in [0.4, 0.5) is 9.18 Å². The zero-order chi connectivity index (χ0) is 15.9. The van der Waals surface area contributed by atoms with Gasteiger partial charge in [0.05, 0.1) is 12.7 Å². The number of hydrogen-bond acceptors (Lipinski definition) is 3. The number of nitrogens with one attached hydrogen (secondary N) is 1. The van der Waals surface area contributed by atoms with Crippen LogP contribution in [-0.2, 0) is 16.0 Å². The molecule has 1 fully saturated rings. The van der Waals surface area contributed by atoms with Gasteiger partial charge in [-0.05, 0) is 24.1 Å². The molecular weight excluding hydrogens is 311 g/mol. The molecule has 5 nitrogen and oxygen atoms in total. The fourth-order valence-electron chi connectivity index (χ4n) is 2.28. The number of nitrogens with zero attached hydrogens (tertiary/aromatic N) is 1. The van der Waals surface area contributed by atoms with Gasteiger partial charge in [0, 0.05) is 38.4 Å². The number of amides is 2. The summed E-state index contributed by atoms with van der Waals surface area (Å²) >= 11 is 5.94. The fraction of sp³-hybridized carbons (Fsp3) is 0.533. The predicted molar refractivity (Wildman–Crippen MR) is 81.5 cm³/mol. The number of halogens is 2. The third-order valence-electron chi connectivity index (χ3n) is 3.52. The molecular formula is C15H20ClFN2O3. The average Bonchev–Trinajstić information content (AvgIpc) is 2.52. The predicted octanol–water partition coefficient (Wildman–Crippen LogP) is 2.43. The van der Waals surface area contributed by atoms with Crippen LogP contribution in [0.15, 0.2) is 18.2 Å². The van der Waals surface area contributed by atoms with Crippen LogP contribution in [0.3, 0.4) is 0 Å². The van der Waals surface area contributed by atoms with E-state index in [2.05, 4.69) is 5.32 Å². The quantitative estimate of drug-likeness (QED) is 0.902. The van der Waals surface area contributed by atoms with Crippen LogP contribution in [0.5, 0.6) is 0 Å². The normalized spacial score (nSPS) is 18.3. The Bertz CT molecular complexity index is 516. The Kier molecular flexibility index (Phi) is 6.42. The molecule has 1 aliphatic heterocycles. The fourth-order valence-corrected chi connectivity index (χ4v) is 2.51. The zero-order valence-electron chi connectivity index (χ0n) is 12.5. The van der Waals surface area contributed by atoms with E-state index in [9.17, 15) is 9.18 Å². The molecule has 0 saturated carbocycles. The van der Waals surface area contributed by atoms with Gasteiger partial charge in [-0.15, -0.1) is 0 Å². The van der Waals surface area contributed by atoms with E-state index in [4.69, 9.17) is 21.1 Å². The first kappa shape index (κ1) is 17.0. The van der Waals surface area contributed by atoms with Gasteiger partial charge in [-0.25, -0.2) is 9.18 Å². The maximum atomic E-state index is 13.0. The smallest absolute Gasteiger partial charge is 0.317 e. The second-order valence-electron chi connectivity index (χ2n) is 5.11. The summed E-state index contributed by atoms with van der Waals surface area (Å²) in [6.45, 7) is 2.46. The highest BCUT2D eigenvalue weighted by atomic mass is 35.5. The number of methoxy groups -OCH3 is 1. The van der Waals surface area contributed by atoms with E-state index in [1.165, 1.54) is 12.1 Å². The average molecular weight is 331 g/mol. The van der Waals surface area contributed by atoms with Crippen LogP contribution in [0.25, 0.3) is 0 Å². The second-order valence-corrected chi connectivity index (χ2v) is 5.52. The molecule has 0 radical (unpaired) electrons. The van der Waals surface area contributed by atoms with Crippen LogP contribution in [0.2, 0.25) is 5.02 Å². The Morgan fingerprint density at radius 2 is 2.41 bits per heavy atom. The van der Waals surface area contributed by atoms with E-state index in [0.29, 0.717) is 36.9 Å². The maximum Gasteiger partial charge on any atom is 0.317 e. The topological polar surface area (TPSA) is 50.8 Å². The van der Waals surface area contributed by atoms with Crippen molar-refractivity contribution in [3.05, 3.63) is 34.6 Å². The molecule has 1 aromatic rings. The first-order chi connectivity index (χ1) is 10.6. The van der Waals surface area contributed by atoms with E-state index >= 15 is 0 Å². The highest BCUT2D eigenvalue weighted by molar-refractivity contribution is 6.31. The summed E-state index contributed by atoms with van der Waals surface area (Å²) in [7, 11) is 1.64. The Balaban J connectivity index is 1.83. The number of rotatable bonds is 5. The first-order valence-corrected chi connectivity index (χ1v) is 7.55. The molecule has 1 heterocycles. The van der Waals surface area contributed by atoms with Gasteiger partial charge in [-0.3, -0.25) is 0 Å². The minimum atomic E-state index is -0.394. The summed E-state index contributed by atoms with van der Waals surface area (Å²) in [4.78, 5) is 13.9. The van der Waals surface area contributed by atoms with Crippen molar-refractivity contribution in [2.45, 2.75) is 19.1 Å². The largest absolute Gasteiger partial charge is 0.385 e. The molecule has 0 unspecified atom stereocenters. The van der Waals surface area contributed by atoms with Crippen LogP contribution < -0.4 is 5.32 Å². The van der Waals surface area contributed by atoms with Crippen LogP contribution in [0.1, 0.15) is 12.0 Å². The molecule has 0 bridgehead atoms. The van der Waals surface area contributed by atoms with Crippen molar-refractivity contribution in [2.24, 2.45) is 0 Å². The summed E-state index contributed by atoms with van der Waals surface area (Å²) in [5.74, 6) is -0.394. The van der Waals surface area contributed by atoms with E-state index < -0.39 is 5.82 Å². The van der Waals surface area contributed by atoms with Gasteiger partial charge < -0.3 is 19.7 Å². The number of hydrogen-bond donors (Lipinski definition) is 1. The number of ether oxygens (including phenoxy) is 2. The van der Waals surface area contributed by atoms with Crippen molar-refractivity contribution in [3.8, 4) is 0 Å². The Labute approximate surface area is 134 Å². The first-order valence-electron chi connectivity index (χ1n) is 7.17. The molecule has 0 aliphatic carbocycles. The summed E-state index contributed by atoms with van der Waals surface area (Å²) in [5, 5.41) is 3.10. The molecule has 1 atom stereocenters. The Morgan fingerprint density at radius 1 is 1.59 bits per heavy atom. The molecule has 1 aromatic carbocycles. The Morgan fingerprint density at radius 3 is 3.14 bits per heavy atom. The third-order valence-corrected chi connectivity index (χ3v) is 3.87. The lowest BCUT2D eigenvalue weighted by Gasteiger charge is -2.33. The summed E-state index contributed by atoms with van der Waals surface area (Å²) in [6.07, 6.45) is 0.748. The minimum absolute atomic E-state index is 0.00569. The van der Waals surface area contributed by atoms with Gasteiger partial charge in [0.1, 0.15) is 5.82 Å². The van der Waals surface area contributed by atoms with E-state index in [1.54, 1.807) is 18.1 Å². The zero-order valence-corrected chi connectivity index (χ0v) is 13.2. The highest BCUT2D eigenvalue weighted by Gasteiger charge is 2.23. The molecule has 1 N–H and O–H groups in total. The van der Waals surface area contributed by atoms with Gasteiger partial charge in [-0.2, -0.15) is 0 Å². The number of urea groups is 1. The number of carbonyl (C=O) groups excluding carboxylic acids is 1. The lowest BCUT2D eigenvalue weighted by molar-refractivity contribution is -0.0276. The molecule has 0 spiro atoms. The van der Waals surface area contributed by atoms with Gasteiger partial charge in [0.25, 0.3) is 0 Å². The molecule has 1 aliphatic rings. The van der Waals surface area contributed by atoms with Gasteiger partial charge in [-0.1, -0.05) is 17.7 Å². The van der Waals surface area contributed by atoms with Crippen LogP contribution in [0, 0.1) is 5.82 Å². The van der Waals surface area contributed by atoms with E-state index in [1.807, 2.05) is 0 Å². The van der Waals surface area contributed by atoms with E-state index in [-0.39, 0.29) is 18.7 Å². The maximum absolute atomic E-state index is 13.0. The van der Waals surface area contributed by atoms with Gasteiger partial charge >= 0.3 is 6.03 Å². The second kappa shape index (κ2) is 8.31. The number of morpholine rings is 1. The van der Waals surface area contributed by atoms with Crippen molar-refractivity contribution >= 4 is 17.6 Å². The minimum Gasteiger partial charge on any atom is -0.385 e. The molecule has 122 valence electrons. The SMILES string of the molecule is COCC[C@@H]1CN(C(=O)NCc2ccc(F)cc2Cl)CCO1. The molecule has 22 heavy (non-hydrogen) atoms. The summed E-state index contributed by atoms with van der Waals surface area (Å²) in [6, 6.07) is 3.95. The van der Waals surface area contributed by atoms with Gasteiger partial charge in [0.2, 0.25) is 0 Å². The third kappa shape index (κ3) is 4.83. The lowest BCUT2D eigenvalue weighted by Crippen LogP contribution is -2.49. The highest BCUT2D eigenvalue weighted by Crippen LogP contribution is 2.17. The molecule has 2 amide bonds.